The van der Waals surface area contributed by atoms with Crippen molar-refractivity contribution in [1.29, 1.82) is 0 Å². The molecule has 0 saturated heterocycles. The number of benzene rings is 2. The van der Waals surface area contributed by atoms with E-state index in [1.807, 2.05) is 6.07 Å². The zero-order valence-electron chi connectivity index (χ0n) is 14.0. The van der Waals surface area contributed by atoms with Crippen LogP contribution in [0.1, 0.15) is 10.4 Å². The Morgan fingerprint density at radius 2 is 1.85 bits per heavy atom. The predicted octanol–water partition coefficient (Wildman–Crippen LogP) is 3.00. The van der Waals surface area contributed by atoms with Gasteiger partial charge in [-0.05, 0) is 36.4 Å². The molecule has 2 aromatic carbocycles. The van der Waals surface area contributed by atoms with Crippen molar-refractivity contribution in [2.45, 2.75) is 6.04 Å². The van der Waals surface area contributed by atoms with E-state index in [0.29, 0.717) is 21.6 Å². The van der Waals surface area contributed by atoms with Gasteiger partial charge in [0.05, 0.1) is 12.1 Å². The van der Waals surface area contributed by atoms with Gasteiger partial charge in [-0.1, -0.05) is 29.8 Å². The second kappa shape index (κ2) is 8.03. The number of nitrogens with zero attached hydrogens (tertiary/aromatic N) is 1. The molecule has 1 heterocycles. The van der Waals surface area contributed by atoms with Crippen molar-refractivity contribution in [1.82, 2.24) is 4.98 Å². The molecule has 0 radical (unpaired) electrons. The predicted molar refractivity (Wildman–Crippen MR) is 103 cm³/mol. The molecule has 0 fully saturated rings. The summed E-state index contributed by atoms with van der Waals surface area (Å²) in [6.07, 6.45) is 0. The highest BCUT2D eigenvalue weighted by Crippen LogP contribution is 2.24. The smallest absolute Gasteiger partial charge is 0.339 e. The quantitative estimate of drug-likeness (QED) is 0.519. The fraction of sp³-hybridized carbons (Fsp3) is 0.105. The molecule has 1 aromatic heterocycles. The molecule has 3 aromatic rings. The lowest BCUT2D eigenvalue weighted by molar-refractivity contribution is -0.117. The molecule has 138 valence electrons. The van der Waals surface area contributed by atoms with Crippen LogP contribution in [-0.4, -0.2) is 39.7 Å². The normalized spacial score (nSPS) is 11.8. The standard InChI is InChI=1S/C19H16ClN3O4/c20-12-6-7-15-11(8-12)9-14(19(26)27)17(22-15)23-16(10-24)18(25)21-13-4-2-1-3-5-13/h1-9,16,24H,10H2,(H,21,25)(H,22,23)(H,26,27). The highest BCUT2D eigenvalue weighted by molar-refractivity contribution is 6.31. The number of rotatable bonds is 6. The molecule has 4 N–H and O–H groups in total. The molecule has 8 heteroatoms. The Labute approximate surface area is 159 Å². The Hall–Kier alpha value is -3.16. The Kier molecular flexibility index (Phi) is 5.54. The van der Waals surface area contributed by atoms with Crippen molar-refractivity contribution < 1.29 is 19.8 Å². The summed E-state index contributed by atoms with van der Waals surface area (Å²) in [5.41, 5.74) is 0.935. The molecule has 3 rings (SSSR count). The molecule has 7 nitrogen and oxygen atoms in total. The van der Waals surface area contributed by atoms with E-state index in [1.54, 1.807) is 42.5 Å². The molecule has 0 saturated carbocycles. The second-order valence-corrected chi connectivity index (χ2v) is 6.20. The molecule has 1 unspecified atom stereocenters. The number of aliphatic hydroxyl groups excluding tert-OH is 1. The van der Waals surface area contributed by atoms with E-state index in [0.717, 1.165) is 0 Å². The molecule has 0 bridgehead atoms. The zero-order valence-corrected chi connectivity index (χ0v) is 14.8. The number of aromatic nitrogens is 1. The van der Waals surface area contributed by atoms with E-state index >= 15 is 0 Å². The van der Waals surface area contributed by atoms with Gasteiger partial charge < -0.3 is 20.8 Å². The Balaban J connectivity index is 1.90. The van der Waals surface area contributed by atoms with Crippen LogP contribution in [0.15, 0.2) is 54.6 Å². The highest BCUT2D eigenvalue weighted by atomic mass is 35.5. The van der Waals surface area contributed by atoms with Crippen LogP contribution in [0.5, 0.6) is 0 Å². The molecular weight excluding hydrogens is 370 g/mol. The Morgan fingerprint density at radius 1 is 1.11 bits per heavy atom. The fourth-order valence-electron chi connectivity index (χ4n) is 2.53. The number of anilines is 2. The zero-order chi connectivity index (χ0) is 19.4. The van der Waals surface area contributed by atoms with Gasteiger partial charge in [-0.3, -0.25) is 4.79 Å². The maximum absolute atomic E-state index is 12.4. The van der Waals surface area contributed by atoms with Crippen LogP contribution < -0.4 is 10.6 Å². The molecule has 0 spiro atoms. The summed E-state index contributed by atoms with van der Waals surface area (Å²) in [5.74, 6) is -1.75. The first-order valence-electron chi connectivity index (χ1n) is 8.05. The SMILES string of the molecule is O=C(O)c1cc2cc(Cl)ccc2nc1NC(CO)C(=O)Nc1ccccc1. The van der Waals surface area contributed by atoms with Crippen LogP contribution in [0.4, 0.5) is 11.5 Å². The van der Waals surface area contributed by atoms with Crippen LogP contribution >= 0.6 is 11.6 Å². The first kappa shape index (κ1) is 18.6. The number of aromatic carboxylic acids is 1. The van der Waals surface area contributed by atoms with Gasteiger partial charge in [-0.15, -0.1) is 0 Å². The maximum Gasteiger partial charge on any atom is 0.339 e. The lowest BCUT2D eigenvalue weighted by atomic mass is 10.1. The van der Waals surface area contributed by atoms with Crippen molar-refractivity contribution in [2.75, 3.05) is 17.2 Å². The maximum atomic E-state index is 12.4. The number of carbonyl (C=O) groups is 2. The largest absolute Gasteiger partial charge is 0.478 e. The number of carboxylic acid groups (broad SMARTS) is 1. The third-order valence-electron chi connectivity index (χ3n) is 3.86. The average Bonchev–Trinajstić information content (AvgIpc) is 2.66. The molecule has 27 heavy (non-hydrogen) atoms. The van der Waals surface area contributed by atoms with Crippen molar-refractivity contribution >= 4 is 45.9 Å². The number of hydrogen-bond acceptors (Lipinski definition) is 5. The molecule has 0 aliphatic rings. The summed E-state index contributed by atoms with van der Waals surface area (Å²) in [7, 11) is 0. The summed E-state index contributed by atoms with van der Waals surface area (Å²) in [5, 5.41) is 25.5. The van der Waals surface area contributed by atoms with E-state index < -0.39 is 24.5 Å². The number of carboxylic acids is 1. The number of hydrogen-bond donors (Lipinski definition) is 4. The van der Waals surface area contributed by atoms with Gasteiger partial charge >= 0.3 is 5.97 Å². The molecule has 0 aliphatic carbocycles. The number of nitrogens with one attached hydrogen (secondary N) is 2. The number of halogens is 1. The van der Waals surface area contributed by atoms with Gasteiger partial charge in [-0.25, -0.2) is 9.78 Å². The number of carbonyl (C=O) groups excluding carboxylic acids is 1. The van der Waals surface area contributed by atoms with E-state index in [2.05, 4.69) is 15.6 Å². The minimum absolute atomic E-state index is 0.0143. The van der Waals surface area contributed by atoms with Crippen LogP contribution in [-0.2, 0) is 4.79 Å². The van der Waals surface area contributed by atoms with Crippen LogP contribution in [0.3, 0.4) is 0 Å². The molecule has 0 aliphatic heterocycles. The van der Waals surface area contributed by atoms with E-state index in [4.69, 9.17) is 11.6 Å². The summed E-state index contributed by atoms with van der Waals surface area (Å²) in [6, 6.07) is 13.9. The summed E-state index contributed by atoms with van der Waals surface area (Å²) in [6.45, 7) is -0.544. The van der Waals surface area contributed by atoms with E-state index in [9.17, 15) is 19.8 Å². The number of aliphatic hydroxyl groups is 1. The second-order valence-electron chi connectivity index (χ2n) is 5.76. The highest BCUT2D eigenvalue weighted by Gasteiger charge is 2.22. The third-order valence-corrected chi connectivity index (χ3v) is 4.09. The first-order valence-corrected chi connectivity index (χ1v) is 8.42. The van der Waals surface area contributed by atoms with Gasteiger partial charge in [0.2, 0.25) is 5.91 Å². The Morgan fingerprint density at radius 3 is 2.52 bits per heavy atom. The van der Waals surface area contributed by atoms with Crippen LogP contribution in [0.2, 0.25) is 5.02 Å². The lowest BCUT2D eigenvalue weighted by Gasteiger charge is -2.18. The van der Waals surface area contributed by atoms with Gasteiger partial charge in [0, 0.05) is 16.1 Å². The van der Waals surface area contributed by atoms with Gasteiger partial charge in [0.25, 0.3) is 0 Å². The molecule has 1 atom stereocenters. The van der Waals surface area contributed by atoms with E-state index in [-0.39, 0.29) is 11.4 Å². The summed E-state index contributed by atoms with van der Waals surface area (Å²) >= 11 is 5.94. The van der Waals surface area contributed by atoms with Crippen LogP contribution in [0.25, 0.3) is 10.9 Å². The minimum Gasteiger partial charge on any atom is -0.478 e. The van der Waals surface area contributed by atoms with Crippen molar-refractivity contribution in [3.8, 4) is 0 Å². The summed E-state index contributed by atoms with van der Waals surface area (Å²) < 4.78 is 0. The van der Waals surface area contributed by atoms with Crippen molar-refractivity contribution in [2.24, 2.45) is 0 Å². The number of pyridine rings is 1. The Bertz CT molecular complexity index is 995. The topological polar surface area (TPSA) is 112 Å². The summed E-state index contributed by atoms with van der Waals surface area (Å²) in [4.78, 5) is 28.3. The van der Waals surface area contributed by atoms with Gasteiger partial charge in [-0.2, -0.15) is 0 Å². The third kappa shape index (κ3) is 4.33. The minimum atomic E-state index is -1.22. The fourth-order valence-corrected chi connectivity index (χ4v) is 2.71. The molecule has 1 amide bonds. The van der Waals surface area contributed by atoms with Gasteiger partial charge in [0.15, 0.2) is 0 Å². The monoisotopic (exact) mass is 385 g/mol. The van der Waals surface area contributed by atoms with Crippen LogP contribution in [0, 0.1) is 0 Å². The number of amides is 1. The number of para-hydroxylation sites is 1. The first-order chi connectivity index (χ1) is 13.0. The lowest BCUT2D eigenvalue weighted by Crippen LogP contribution is -2.38. The number of fused-ring (bicyclic) bond motifs is 1. The van der Waals surface area contributed by atoms with E-state index in [1.165, 1.54) is 6.07 Å². The average molecular weight is 386 g/mol. The van der Waals surface area contributed by atoms with Crippen molar-refractivity contribution in [3.05, 3.63) is 65.2 Å². The molecular formula is C19H16ClN3O4. The van der Waals surface area contributed by atoms with Crippen molar-refractivity contribution in [3.63, 3.8) is 0 Å². The van der Waals surface area contributed by atoms with Gasteiger partial charge in [0.1, 0.15) is 17.4 Å².